The maximum Gasteiger partial charge on any atom is 0.243 e. The zero-order chi connectivity index (χ0) is 15.2. The van der Waals surface area contributed by atoms with E-state index in [1.165, 1.54) is 4.31 Å². The Hall–Kier alpha value is -1.43. The maximum absolute atomic E-state index is 12.7. The van der Waals surface area contributed by atoms with Crippen molar-refractivity contribution >= 4 is 10.0 Å². The Labute approximate surface area is 121 Å². The average Bonchev–Trinajstić information content (AvgIpc) is 2.41. The van der Waals surface area contributed by atoms with E-state index in [1.807, 2.05) is 20.0 Å². The number of hydrogen-bond donors (Lipinski definition) is 1. The summed E-state index contributed by atoms with van der Waals surface area (Å²) in [6, 6.07) is 5.34. The Morgan fingerprint density at radius 3 is 2.35 bits per heavy atom. The highest BCUT2D eigenvalue weighted by Crippen LogP contribution is 2.22. The molecule has 0 bridgehead atoms. The van der Waals surface area contributed by atoms with Crippen LogP contribution >= 0.6 is 0 Å². The summed E-state index contributed by atoms with van der Waals surface area (Å²) >= 11 is 0. The van der Waals surface area contributed by atoms with Crippen LogP contribution in [0.3, 0.4) is 0 Å². The zero-order valence-corrected chi connectivity index (χ0v) is 12.9. The quantitative estimate of drug-likeness (QED) is 0.747. The Morgan fingerprint density at radius 1 is 1.25 bits per heavy atom. The van der Waals surface area contributed by atoms with Crippen molar-refractivity contribution in [3.8, 4) is 0 Å². The van der Waals surface area contributed by atoms with Gasteiger partial charge in [0.2, 0.25) is 10.0 Å². The molecule has 0 atom stereocenters. The molecule has 1 aromatic rings. The number of nitrogens with zero attached hydrogens (tertiary/aromatic N) is 1. The molecule has 1 N–H and O–H groups in total. The molecule has 0 aliphatic rings. The third kappa shape index (κ3) is 3.56. The first-order valence-corrected chi connectivity index (χ1v) is 7.88. The molecule has 0 aromatic heterocycles. The molecule has 0 heterocycles. The van der Waals surface area contributed by atoms with Crippen LogP contribution < -0.4 is 5.32 Å². The summed E-state index contributed by atoms with van der Waals surface area (Å²) in [6.45, 7) is 10.2. The smallest absolute Gasteiger partial charge is 0.243 e. The van der Waals surface area contributed by atoms with E-state index in [9.17, 15) is 8.42 Å². The van der Waals surface area contributed by atoms with Gasteiger partial charge in [-0.3, -0.25) is 0 Å². The van der Waals surface area contributed by atoms with Gasteiger partial charge in [-0.2, -0.15) is 4.31 Å². The SMILES string of the molecule is C=CCN(CC=C)S(=O)(=O)c1cccc(CNC)c1C. The summed E-state index contributed by atoms with van der Waals surface area (Å²) in [5.41, 5.74) is 1.76. The summed E-state index contributed by atoms with van der Waals surface area (Å²) in [4.78, 5) is 0.342. The highest BCUT2D eigenvalue weighted by Gasteiger charge is 2.24. The second-order valence-corrected chi connectivity index (χ2v) is 6.38. The normalized spacial score (nSPS) is 11.6. The second kappa shape index (κ2) is 7.38. The van der Waals surface area contributed by atoms with Gasteiger partial charge in [0.15, 0.2) is 0 Å². The lowest BCUT2D eigenvalue weighted by Crippen LogP contribution is -2.32. The lowest BCUT2D eigenvalue weighted by atomic mass is 10.1. The molecule has 0 amide bonds. The fraction of sp³-hybridized carbons (Fsp3) is 0.333. The van der Waals surface area contributed by atoms with Gasteiger partial charge in [0.25, 0.3) is 0 Å². The molecule has 1 aromatic carbocycles. The molecule has 1 rings (SSSR count). The average molecular weight is 294 g/mol. The third-order valence-electron chi connectivity index (χ3n) is 3.05. The highest BCUT2D eigenvalue weighted by atomic mass is 32.2. The van der Waals surface area contributed by atoms with Crippen LogP contribution in [0.2, 0.25) is 0 Å². The van der Waals surface area contributed by atoms with Gasteiger partial charge >= 0.3 is 0 Å². The molecular weight excluding hydrogens is 272 g/mol. The number of benzene rings is 1. The van der Waals surface area contributed by atoms with Gasteiger partial charge in [-0.15, -0.1) is 13.2 Å². The van der Waals surface area contributed by atoms with Crippen LogP contribution in [-0.2, 0) is 16.6 Å². The third-order valence-corrected chi connectivity index (χ3v) is 5.02. The van der Waals surface area contributed by atoms with E-state index in [-0.39, 0.29) is 13.1 Å². The molecule has 0 saturated carbocycles. The fourth-order valence-electron chi connectivity index (χ4n) is 2.02. The van der Waals surface area contributed by atoms with E-state index < -0.39 is 10.0 Å². The molecule has 110 valence electrons. The molecule has 0 radical (unpaired) electrons. The van der Waals surface area contributed by atoms with Gasteiger partial charge in [0.05, 0.1) is 4.90 Å². The topological polar surface area (TPSA) is 49.4 Å². The van der Waals surface area contributed by atoms with E-state index >= 15 is 0 Å². The number of sulfonamides is 1. The maximum atomic E-state index is 12.7. The number of hydrogen-bond acceptors (Lipinski definition) is 3. The molecule has 0 aliphatic carbocycles. The Balaban J connectivity index is 3.29. The van der Waals surface area contributed by atoms with Crippen LogP contribution in [0.1, 0.15) is 11.1 Å². The van der Waals surface area contributed by atoms with Crippen molar-refractivity contribution in [3.05, 3.63) is 54.6 Å². The minimum Gasteiger partial charge on any atom is -0.316 e. The largest absolute Gasteiger partial charge is 0.316 e. The van der Waals surface area contributed by atoms with Gasteiger partial charge in [-0.25, -0.2) is 8.42 Å². The lowest BCUT2D eigenvalue weighted by Gasteiger charge is -2.21. The van der Waals surface area contributed by atoms with Crippen LogP contribution in [0.15, 0.2) is 48.4 Å². The predicted octanol–water partition coefficient (Wildman–Crippen LogP) is 2.08. The van der Waals surface area contributed by atoms with E-state index in [4.69, 9.17) is 0 Å². The molecule has 0 unspecified atom stereocenters. The zero-order valence-electron chi connectivity index (χ0n) is 12.1. The van der Waals surface area contributed by atoms with Crippen LogP contribution in [0.25, 0.3) is 0 Å². The molecule has 4 nitrogen and oxygen atoms in total. The Morgan fingerprint density at radius 2 is 1.85 bits per heavy atom. The van der Waals surface area contributed by atoms with Gasteiger partial charge in [-0.1, -0.05) is 24.3 Å². The molecule has 0 aliphatic heterocycles. The Bertz CT molecular complexity index is 570. The van der Waals surface area contributed by atoms with E-state index in [0.717, 1.165) is 11.1 Å². The van der Waals surface area contributed by atoms with Crippen LogP contribution in [-0.4, -0.2) is 32.9 Å². The fourth-order valence-corrected chi connectivity index (χ4v) is 3.67. The van der Waals surface area contributed by atoms with Gasteiger partial charge in [0.1, 0.15) is 0 Å². The molecule has 5 heteroatoms. The summed E-state index contributed by atoms with van der Waals surface area (Å²) in [5, 5.41) is 3.04. The number of rotatable bonds is 8. The molecule has 20 heavy (non-hydrogen) atoms. The van der Waals surface area contributed by atoms with Crippen molar-refractivity contribution in [2.24, 2.45) is 0 Å². The summed E-state index contributed by atoms with van der Waals surface area (Å²) < 4.78 is 26.8. The summed E-state index contributed by atoms with van der Waals surface area (Å²) in [6.07, 6.45) is 3.15. The van der Waals surface area contributed by atoms with Gasteiger partial charge < -0.3 is 5.32 Å². The van der Waals surface area contributed by atoms with E-state index in [0.29, 0.717) is 11.4 Å². The van der Waals surface area contributed by atoms with E-state index in [1.54, 1.807) is 24.3 Å². The summed E-state index contributed by atoms with van der Waals surface area (Å²) in [7, 11) is -1.70. The minimum atomic E-state index is -3.53. The number of nitrogens with one attached hydrogen (secondary N) is 1. The van der Waals surface area contributed by atoms with Gasteiger partial charge in [0, 0.05) is 19.6 Å². The van der Waals surface area contributed by atoms with Crippen molar-refractivity contribution < 1.29 is 8.42 Å². The van der Waals surface area contributed by atoms with Crippen molar-refractivity contribution in [2.45, 2.75) is 18.4 Å². The van der Waals surface area contributed by atoms with Crippen LogP contribution in [0.5, 0.6) is 0 Å². The molecule has 0 fully saturated rings. The summed E-state index contributed by atoms with van der Waals surface area (Å²) in [5.74, 6) is 0. The van der Waals surface area contributed by atoms with Crippen LogP contribution in [0, 0.1) is 6.92 Å². The van der Waals surface area contributed by atoms with Crippen LogP contribution in [0.4, 0.5) is 0 Å². The first kappa shape index (κ1) is 16.6. The molecule has 0 saturated heterocycles. The first-order chi connectivity index (χ1) is 9.48. The highest BCUT2D eigenvalue weighted by molar-refractivity contribution is 7.89. The lowest BCUT2D eigenvalue weighted by molar-refractivity contribution is 0.473. The van der Waals surface area contributed by atoms with Crippen molar-refractivity contribution in [2.75, 3.05) is 20.1 Å². The molecular formula is C15H22N2O2S. The Kier molecular flexibility index (Phi) is 6.13. The van der Waals surface area contributed by atoms with Crippen molar-refractivity contribution in [1.82, 2.24) is 9.62 Å². The first-order valence-electron chi connectivity index (χ1n) is 6.44. The standard InChI is InChI=1S/C15H22N2O2S/c1-5-10-17(11-6-2)20(18,19)15-9-7-8-14(12-16-4)13(15)3/h5-9,16H,1-2,10-12H2,3-4H3. The predicted molar refractivity (Wildman–Crippen MR) is 83.1 cm³/mol. The van der Waals surface area contributed by atoms with Crippen molar-refractivity contribution in [1.29, 1.82) is 0 Å². The van der Waals surface area contributed by atoms with Gasteiger partial charge in [-0.05, 0) is 31.2 Å². The molecule has 0 spiro atoms. The minimum absolute atomic E-state index is 0.268. The second-order valence-electron chi connectivity index (χ2n) is 4.47. The monoisotopic (exact) mass is 294 g/mol. The van der Waals surface area contributed by atoms with E-state index in [2.05, 4.69) is 18.5 Å². The van der Waals surface area contributed by atoms with Crippen molar-refractivity contribution in [3.63, 3.8) is 0 Å².